The van der Waals surface area contributed by atoms with E-state index in [2.05, 4.69) is 0 Å². The van der Waals surface area contributed by atoms with Gasteiger partial charge in [0.2, 0.25) is 5.78 Å². The van der Waals surface area contributed by atoms with Gasteiger partial charge in [0.25, 0.3) is 0 Å². The van der Waals surface area contributed by atoms with Crippen molar-refractivity contribution >= 4 is 17.5 Å². The summed E-state index contributed by atoms with van der Waals surface area (Å²) in [6, 6.07) is 0. The Morgan fingerprint density at radius 1 is 0.765 bits per heavy atom. The maximum Gasteiger partial charge on any atom is 0.372 e. The quantitative estimate of drug-likeness (QED) is 0.612. The summed E-state index contributed by atoms with van der Waals surface area (Å²) >= 11 is 0. The predicted octanol–water partition coefficient (Wildman–Crippen LogP) is 3.72. The predicted molar refractivity (Wildman–Crippen MR) is 73.3 cm³/mol. The molecule has 0 aromatic carbocycles. The van der Waals surface area contributed by atoms with Gasteiger partial charge in [-0.2, -0.15) is 0 Å². The average molecular weight is 250 g/mol. The molecular formula is C13H30O4. The van der Waals surface area contributed by atoms with Gasteiger partial charge in [0.1, 0.15) is 5.78 Å². The van der Waals surface area contributed by atoms with Crippen molar-refractivity contribution in [3.05, 3.63) is 0 Å². The zero-order chi connectivity index (χ0) is 15.4. The lowest BCUT2D eigenvalue weighted by atomic mass is 10.2. The van der Waals surface area contributed by atoms with Gasteiger partial charge >= 0.3 is 5.97 Å². The molecule has 0 radical (unpaired) electrons. The molecule has 4 heteroatoms. The van der Waals surface area contributed by atoms with Gasteiger partial charge in [-0.15, -0.1) is 0 Å². The number of Topliss-reactive ketones (excluding diaryl/α,β-unsaturated/α-hetero) is 2. The van der Waals surface area contributed by atoms with Crippen molar-refractivity contribution in [2.45, 2.75) is 68.7 Å². The van der Waals surface area contributed by atoms with Gasteiger partial charge in [0.15, 0.2) is 0 Å². The number of rotatable bonds is 3. The van der Waals surface area contributed by atoms with E-state index in [4.69, 9.17) is 5.11 Å². The summed E-state index contributed by atoms with van der Waals surface area (Å²) in [5.41, 5.74) is 0. The van der Waals surface area contributed by atoms with E-state index >= 15 is 0 Å². The highest BCUT2D eigenvalue weighted by molar-refractivity contribution is 6.36. The van der Waals surface area contributed by atoms with Crippen LogP contribution in [0.5, 0.6) is 0 Å². The molecule has 0 amide bonds. The van der Waals surface area contributed by atoms with E-state index in [1.165, 1.54) is 6.92 Å². The Morgan fingerprint density at radius 3 is 1.06 bits per heavy atom. The zero-order valence-corrected chi connectivity index (χ0v) is 12.9. The van der Waals surface area contributed by atoms with Crippen molar-refractivity contribution in [1.82, 2.24) is 0 Å². The summed E-state index contributed by atoms with van der Waals surface area (Å²) in [6.45, 7) is 17.2. The average Bonchev–Trinajstić information content (AvgIpc) is 2.38. The molecule has 0 rings (SSSR count). The van der Waals surface area contributed by atoms with Gasteiger partial charge in [-0.1, -0.05) is 55.4 Å². The Balaban J connectivity index is -0.0000000507. The van der Waals surface area contributed by atoms with Crippen molar-refractivity contribution in [1.29, 1.82) is 0 Å². The van der Waals surface area contributed by atoms with Crippen LogP contribution in [0.2, 0.25) is 0 Å². The van der Waals surface area contributed by atoms with Gasteiger partial charge in [-0.3, -0.25) is 9.59 Å². The van der Waals surface area contributed by atoms with Crippen molar-refractivity contribution in [2.75, 3.05) is 0 Å². The standard InChI is InChI=1S/C5H6O4.4C2H6/c1-3(6)2-4(7)5(8)9;4*1-2/h2H2,1H3,(H,8,9);4*1-2H3. The molecule has 106 valence electrons. The highest BCUT2D eigenvalue weighted by Gasteiger charge is 2.12. The maximum atomic E-state index is 10.1. The second kappa shape index (κ2) is 36.4. The molecule has 0 heterocycles. The SMILES string of the molecule is CC.CC.CC.CC.CC(=O)CC(=O)C(=O)O. The van der Waals surface area contributed by atoms with E-state index in [0.29, 0.717) is 0 Å². The van der Waals surface area contributed by atoms with Crippen LogP contribution in [-0.4, -0.2) is 22.6 Å². The van der Waals surface area contributed by atoms with E-state index in [-0.39, 0.29) is 0 Å². The van der Waals surface area contributed by atoms with E-state index in [1.54, 1.807) is 0 Å². The lowest BCUT2D eigenvalue weighted by Crippen LogP contribution is -2.15. The van der Waals surface area contributed by atoms with Crippen molar-refractivity contribution in [2.24, 2.45) is 0 Å². The van der Waals surface area contributed by atoms with E-state index in [0.717, 1.165) is 0 Å². The topological polar surface area (TPSA) is 71.4 Å². The molecule has 0 spiro atoms. The van der Waals surface area contributed by atoms with E-state index < -0.39 is 24.0 Å². The fourth-order valence-electron chi connectivity index (χ4n) is 0.302. The number of aliphatic carboxylic acids is 1. The summed E-state index contributed by atoms with van der Waals surface area (Å²) in [5.74, 6) is -3.03. The van der Waals surface area contributed by atoms with Crippen LogP contribution >= 0.6 is 0 Å². The number of carboxylic acids is 1. The van der Waals surface area contributed by atoms with Gasteiger partial charge in [0, 0.05) is 0 Å². The maximum absolute atomic E-state index is 10.1. The van der Waals surface area contributed by atoms with Crippen molar-refractivity contribution in [3.8, 4) is 0 Å². The molecule has 1 N–H and O–H groups in total. The van der Waals surface area contributed by atoms with Crippen LogP contribution in [0.3, 0.4) is 0 Å². The highest BCUT2D eigenvalue weighted by Crippen LogP contribution is 1.83. The summed E-state index contributed by atoms with van der Waals surface area (Å²) in [7, 11) is 0. The molecule has 0 aliphatic rings. The first-order valence-electron chi connectivity index (χ1n) is 6.29. The molecule has 17 heavy (non-hydrogen) atoms. The monoisotopic (exact) mass is 250 g/mol. The second-order valence-corrected chi connectivity index (χ2v) is 1.61. The summed E-state index contributed by atoms with van der Waals surface area (Å²) in [5, 5.41) is 7.93. The second-order valence-electron chi connectivity index (χ2n) is 1.61. The van der Waals surface area contributed by atoms with E-state index in [1.807, 2.05) is 55.4 Å². The van der Waals surface area contributed by atoms with Gasteiger partial charge in [0.05, 0.1) is 6.42 Å². The van der Waals surface area contributed by atoms with Crippen LogP contribution in [0.4, 0.5) is 0 Å². The fourth-order valence-corrected chi connectivity index (χ4v) is 0.302. The Kier molecular flexibility index (Phi) is 63.5. The minimum absolute atomic E-state index is 0.428. The Hall–Kier alpha value is -1.19. The number of carbonyl (C=O) groups is 3. The first-order chi connectivity index (χ1) is 8.04. The molecule has 4 nitrogen and oxygen atoms in total. The first-order valence-corrected chi connectivity index (χ1v) is 6.29. The van der Waals surface area contributed by atoms with Gasteiger partial charge < -0.3 is 5.11 Å². The number of carboxylic acid groups (broad SMARTS) is 1. The molecule has 0 aromatic rings. The van der Waals surface area contributed by atoms with Crippen LogP contribution in [-0.2, 0) is 14.4 Å². The molecule has 0 fully saturated rings. The third-order valence-corrected chi connectivity index (χ3v) is 0.648. The highest BCUT2D eigenvalue weighted by atomic mass is 16.4. The van der Waals surface area contributed by atoms with Crippen LogP contribution in [0.15, 0.2) is 0 Å². The fraction of sp³-hybridized carbons (Fsp3) is 0.769. The summed E-state index contributed by atoms with van der Waals surface area (Å²) in [6.07, 6.45) is -0.505. The minimum atomic E-state index is -1.55. The van der Waals surface area contributed by atoms with E-state index in [9.17, 15) is 14.4 Å². The van der Waals surface area contributed by atoms with Crippen LogP contribution in [0.25, 0.3) is 0 Å². The molecule has 0 aliphatic carbocycles. The Labute approximate surface area is 106 Å². The molecular weight excluding hydrogens is 220 g/mol. The number of carbonyl (C=O) groups excluding carboxylic acids is 2. The largest absolute Gasteiger partial charge is 0.475 e. The Morgan fingerprint density at radius 2 is 1.00 bits per heavy atom. The summed E-state index contributed by atoms with van der Waals surface area (Å²) < 4.78 is 0. The third-order valence-electron chi connectivity index (χ3n) is 0.648. The normalized spacial score (nSPS) is 5.94. The number of hydrogen-bond acceptors (Lipinski definition) is 3. The van der Waals surface area contributed by atoms with Gasteiger partial charge in [-0.05, 0) is 6.92 Å². The lowest BCUT2D eigenvalue weighted by Gasteiger charge is -1.86. The lowest BCUT2D eigenvalue weighted by molar-refractivity contribution is -0.150. The molecule has 0 saturated carbocycles. The first kappa shape index (κ1) is 29.7. The molecule has 0 atom stereocenters. The van der Waals surface area contributed by atoms with Crippen molar-refractivity contribution < 1.29 is 19.5 Å². The Bertz CT molecular complexity index is 163. The van der Waals surface area contributed by atoms with Crippen molar-refractivity contribution in [3.63, 3.8) is 0 Å². The van der Waals surface area contributed by atoms with Crippen LogP contribution < -0.4 is 0 Å². The number of ketones is 2. The van der Waals surface area contributed by atoms with Crippen LogP contribution in [0, 0.1) is 0 Å². The third kappa shape index (κ3) is 52.4. The van der Waals surface area contributed by atoms with Gasteiger partial charge in [-0.25, -0.2) is 4.79 Å². The molecule has 0 bridgehead atoms. The molecule has 0 unspecified atom stereocenters. The molecule has 0 aliphatic heterocycles. The zero-order valence-electron chi connectivity index (χ0n) is 12.9. The molecule has 0 aromatic heterocycles. The minimum Gasteiger partial charge on any atom is -0.475 e. The smallest absolute Gasteiger partial charge is 0.372 e. The molecule has 0 saturated heterocycles. The number of hydrogen-bond donors (Lipinski definition) is 1. The summed E-state index contributed by atoms with van der Waals surface area (Å²) in [4.78, 5) is 29.9. The van der Waals surface area contributed by atoms with Crippen LogP contribution in [0.1, 0.15) is 68.7 Å².